The number of anilines is 3. The van der Waals surface area contributed by atoms with E-state index in [1.165, 1.54) is 93.1 Å². The van der Waals surface area contributed by atoms with Crippen LogP contribution < -0.4 is 4.90 Å². The normalized spacial score (nSPS) is 14.4. The molecule has 0 spiro atoms. The zero-order chi connectivity index (χ0) is 36.7. The first-order chi connectivity index (χ1) is 26.4. The van der Waals surface area contributed by atoms with Gasteiger partial charge in [0.25, 0.3) is 0 Å². The van der Waals surface area contributed by atoms with Crippen molar-refractivity contribution in [2.45, 2.75) is 63.7 Å². The molecule has 0 radical (unpaired) electrons. The fourth-order valence-electron chi connectivity index (χ4n) is 8.95. The van der Waals surface area contributed by atoms with Crippen molar-refractivity contribution in [1.82, 2.24) is 4.57 Å². The molecule has 1 saturated carbocycles. The largest absolute Gasteiger partial charge is 0.311 e. The Kier molecular flexibility index (Phi) is 8.70. The van der Waals surface area contributed by atoms with Crippen molar-refractivity contribution in [3.05, 3.63) is 193 Å². The van der Waals surface area contributed by atoms with E-state index < -0.39 is 0 Å². The Hall–Kier alpha value is -5.86. The molecule has 0 N–H and O–H groups in total. The summed E-state index contributed by atoms with van der Waals surface area (Å²) in [4.78, 5) is 2.41. The highest BCUT2D eigenvalue weighted by Crippen LogP contribution is 2.46. The Morgan fingerprint density at radius 3 is 1.63 bits per heavy atom. The number of nitrogens with zero attached hydrogens (tertiary/aromatic N) is 2. The van der Waals surface area contributed by atoms with Crippen molar-refractivity contribution >= 4 is 38.9 Å². The summed E-state index contributed by atoms with van der Waals surface area (Å²) >= 11 is 0. The van der Waals surface area contributed by atoms with Crippen molar-refractivity contribution in [1.29, 1.82) is 0 Å². The molecular weight excluding hydrogens is 653 g/mol. The van der Waals surface area contributed by atoms with E-state index in [9.17, 15) is 0 Å². The zero-order valence-corrected chi connectivity index (χ0v) is 31.7. The molecule has 0 unspecified atom stereocenters. The van der Waals surface area contributed by atoms with Gasteiger partial charge in [-0.15, -0.1) is 0 Å². The molecule has 9 rings (SSSR count). The molecule has 8 aromatic rings. The van der Waals surface area contributed by atoms with Crippen molar-refractivity contribution in [3.63, 3.8) is 0 Å². The van der Waals surface area contributed by atoms with Gasteiger partial charge in [-0.1, -0.05) is 155 Å². The third-order valence-electron chi connectivity index (χ3n) is 11.9. The third-order valence-corrected chi connectivity index (χ3v) is 11.9. The minimum absolute atomic E-state index is 0.0756. The summed E-state index contributed by atoms with van der Waals surface area (Å²) in [6.07, 6.45) is 6.28. The lowest BCUT2D eigenvalue weighted by atomic mass is 9.65. The van der Waals surface area contributed by atoms with Gasteiger partial charge < -0.3 is 9.47 Å². The monoisotopic (exact) mass is 700 g/mol. The van der Waals surface area contributed by atoms with E-state index in [1.807, 2.05) is 0 Å². The average Bonchev–Trinajstić information content (AvgIpc) is 3.56. The first-order valence-corrected chi connectivity index (χ1v) is 19.6. The third kappa shape index (κ3) is 6.10. The van der Waals surface area contributed by atoms with Gasteiger partial charge in [0.15, 0.2) is 0 Å². The first-order valence-electron chi connectivity index (χ1n) is 19.6. The Labute approximate surface area is 320 Å². The van der Waals surface area contributed by atoms with Crippen LogP contribution in [0.3, 0.4) is 0 Å². The number of aromatic nitrogens is 1. The van der Waals surface area contributed by atoms with Gasteiger partial charge in [0.05, 0.1) is 11.0 Å². The van der Waals surface area contributed by atoms with Gasteiger partial charge in [-0.25, -0.2) is 0 Å². The van der Waals surface area contributed by atoms with Crippen LogP contribution in [-0.4, -0.2) is 4.57 Å². The summed E-state index contributed by atoms with van der Waals surface area (Å²) in [5.74, 6) is 0. The fraction of sp³-hybridized carbons (Fsp3) is 0.192. The maximum Gasteiger partial charge on any atom is 0.0547 e. The molecule has 1 heterocycles. The highest BCUT2D eigenvalue weighted by atomic mass is 15.1. The fourth-order valence-corrected chi connectivity index (χ4v) is 8.95. The second kappa shape index (κ2) is 13.8. The molecule has 2 heteroatoms. The minimum Gasteiger partial charge on any atom is -0.311 e. The molecular formula is C52H48N2. The molecule has 0 atom stereocenters. The number of para-hydroxylation sites is 2. The predicted octanol–water partition coefficient (Wildman–Crippen LogP) is 14.5. The number of hydrogen-bond donors (Lipinski definition) is 0. The van der Waals surface area contributed by atoms with Crippen LogP contribution in [0.5, 0.6) is 0 Å². The number of fused-ring (bicyclic) bond motifs is 3. The van der Waals surface area contributed by atoms with E-state index in [1.54, 1.807) is 0 Å². The molecule has 54 heavy (non-hydrogen) atoms. The van der Waals surface area contributed by atoms with Crippen molar-refractivity contribution in [2.75, 3.05) is 4.90 Å². The molecule has 1 aliphatic carbocycles. The van der Waals surface area contributed by atoms with Crippen LogP contribution >= 0.6 is 0 Å². The van der Waals surface area contributed by atoms with Gasteiger partial charge in [-0.05, 0) is 107 Å². The van der Waals surface area contributed by atoms with E-state index in [2.05, 4.69) is 206 Å². The molecule has 7 aromatic carbocycles. The number of rotatable bonds is 7. The van der Waals surface area contributed by atoms with E-state index in [-0.39, 0.29) is 10.8 Å². The molecule has 1 aliphatic rings. The lowest BCUT2D eigenvalue weighted by molar-refractivity contribution is 0.346. The summed E-state index contributed by atoms with van der Waals surface area (Å²) in [6, 6.07) is 65.3. The van der Waals surface area contributed by atoms with Gasteiger partial charge in [-0.3, -0.25) is 0 Å². The van der Waals surface area contributed by atoms with Gasteiger partial charge in [0, 0.05) is 38.9 Å². The van der Waals surface area contributed by atoms with Crippen molar-refractivity contribution < 1.29 is 0 Å². The van der Waals surface area contributed by atoms with Gasteiger partial charge in [0.2, 0.25) is 0 Å². The van der Waals surface area contributed by atoms with E-state index in [0.717, 1.165) is 11.4 Å². The number of benzene rings is 7. The van der Waals surface area contributed by atoms with Crippen LogP contribution in [0.1, 0.15) is 69.6 Å². The highest BCUT2D eigenvalue weighted by Gasteiger charge is 2.35. The van der Waals surface area contributed by atoms with Crippen LogP contribution in [0.4, 0.5) is 17.1 Å². The van der Waals surface area contributed by atoms with Crippen LogP contribution in [0.2, 0.25) is 0 Å². The average molecular weight is 701 g/mol. The van der Waals surface area contributed by atoms with Gasteiger partial charge in [-0.2, -0.15) is 0 Å². The standard InChI is InChI=1S/C52H48N2/c1-51(2,3)40-24-30-45(31-25-40)53(46-32-26-42(27-33-46)52(35-13-6-14-36-52)41-15-7-4-8-16-41)44-28-21-38(22-29-44)39-23-34-48-47-19-11-12-20-49(47)54(50(48)37-39)43-17-9-5-10-18-43/h4-5,7-12,15-34,37H,6,13-14,35-36H2,1-3H3. The van der Waals surface area contributed by atoms with Gasteiger partial charge >= 0.3 is 0 Å². The second-order valence-corrected chi connectivity index (χ2v) is 16.2. The lowest BCUT2D eigenvalue weighted by Gasteiger charge is -2.39. The zero-order valence-electron chi connectivity index (χ0n) is 31.7. The summed E-state index contributed by atoms with van der Waals surface area (Å²) in [7, 11) is 0. The molecule has 0 bridgehead atoms. The Balaban J connectivity index is 1.11. The Bertz CT molecular complexity index is 2510. The number of hydrogen-bond acceptors (Lipinski definition) is 1. The lowest BCUT2D eigenvalue weighted by Crippen LogP contribution is -2.30. The highest BCUT2D eigenvalue weighted by molar-refractivity contribution is 6.10. The molecule has 1 fully saturated rings. The second-order valence-electron chi connectivity index (χ2n) is 16.2. The van der Waals surface area contributed by atoms with Crippen LogP contribution in [0.15, 0.2) is 176 Å². The van der Waals surface area contributed by atoms with E-state index in [0.29, 0.717) is 0 Å². The Morgan fingerprint density at radius 1 is 0.463 bits per heavy atom. The molecule has 0 amide bonds. The molecule has 0 saturated heterocycles. The van der Waals surface area contributed by atoms with Crippen LogP contribution in [-0.2, 0) is 10.8 Å². The summed E-state index contributed by atoms with van der Waals surface area (Å²) < 4.78 is 2.39. The topological polar surface area (TPSA) is 8.17 Å². The summed E-state index contributed by atoms with van der Waals surface area (Å²) in [5.41, 5.74) is 13.9. The molecule has 2 nitrogen and oxygen atoms in total. The Morgan fingerprint density at radius 2 is 0.981 bits per heavy atom. The summed E-state index contributed by atoms with van der Waals surface area (Å²) in [5, 5.41) is 2.54. The minimum atomic E-state index is 0.0756. The van der Waals surface area contributed by atoms with Crippen molar-refractivity contribution in [3.8, 4) is 16.8 Å². The van der Waals surface area contributed by atoms with Crippen LogP contribution in [0, 0.1) is 0 Å². The van der Waals surface area contributed by atoms with Gasteiger partial charge in [0.1, 0.15) is 0 Å². The summed E-state index contributed by atoms with van der Waals surface area (Å²) in [6.45, 7) is 6.84. The SMILES string of the molecule is CC(C)(C)c1ccc(N(c2ccc(-c3ccc4c5ccccc5n(-c5ccccc5)c4c3)cc2)c2ccc(C3(c4ccccc4)CCCCC3)cc2)cc1. The smallest absolute Gasteiger partial charge is 0.0547 e. The molecule has 266 valence electrons. The first kappa shape index (κ1) is 33.9. The van der Waals surface area contributed by atoms with E-state index >= 15 is 0 Å². The predicted molar refractivity (Wildman–Crippen MR) is 230 cm³/mol. The maximum atomic E-state index is 2.41. The molecule has 0 aliphatic heterocycles. The maximum absolute atomic E-state index is 2.41. The van der Waals surface area contributed by atoms with Crippen LogP contribution in [0.25, 0.3) is 38.6 Å². The van der Waals surface area contributed by atoms with E-state index in [4.69, 9.17) is 0 Å². The molecule has 1 aromatic heterocycles. The quantitative estimate of drug-likeness (QED) is 0.161. The van der Waals surface area contributed by atoms with Crippen molar-refractivity contribution in [2.24, 2.45) is 0 Å².